The van der Waals surface area contributed by atoms with Crippen LogP contribution >= 0.6 is 15.9 Å². The lowest BCUT2D eigenvalue weighted by molar-refractivity contribution is -0.384. The van der Waals surface area contributed by atoms with E-state index in [-0.39, 0.29) is 18.0 Å². The molecule has 0 atom stereocenters. The number of carbonyl (C=O) groups is 1. The van der Waals surface area contributed by atoms with Gasteiger partial charge < -0.3 is 0 Å². The first-order valence-electron chi connectivity index (χ1n) is 7.77. The van der Waals surface area contributed by atoms with Gasteiger partial charge >= 0.3 is 0 Å². The summed E-state index contributed by atoms with van der Waals surface area (Å²) >= 11 is 3.51. The van der Waals surface area contributed by atoms with Crippen LogP contribution in [0.4, 0.5) is 5.69 Å². The third-order valence-corrected chi connectivity index (χ3v) is 4.51. The Morgan fingerprint density at radius 3 is 2.46 bits per heavy atom. The largest absolute Gasteiger partial charge is 0.273 e. The van der Waals surface area contributed by atoms with Crippen LogP contribution in [0.3, 0.4) is 0 Å². The van der Waals surface area contributed by atoms with Gasteiger partial charge in [-0.3, -0.25) is 14.9 Å². The van der Waals surface area contributed by atoms with Crippen LogP contribution in [0, 0.1) is 10.1 Å². The number of carbonyl (C=O) groups excluding carboxylic acids is 1. The summed E-state index contributed by atoms with van der Waals surface area (Å²) in [4.78, 5) is 22.3. The van der Waals surface area contributed by atoms with Crippen molar-refractivity contribution in [1.82, 2.24) is 5.43 Å². The van der Waals surface area contributed by atoms with Gasteiger partial charge in [0.1, 0.15) is 0 Å². The highest BCUT2D eigenvalue weighted by Crippen LogP contribution is 2.27. The van der Waals surface area contributed by atoms with Crippen LogP contribution < -0.4 is 5.43 Å². The maximum Gasteiger partial charge on any atom is 0.269 e. The van der Waals surface area contributed by atoms with Crippen molar-refractivity contribution in [2.75, 3.05) is 0 Å². The Kier molecular flexibility index (Phi) is 5.38. The number of rotatable bonds is 5. The lowest BCUT2D eigenvalue weighted by Crippen LogP contribution is -2.19. The van der Waals surface area contributed by atoms with Gasteiger partial charge in [0, 0.05) is 16.6 Å². The van der Waals surface area contributed by atoms with Crippen molar-refractivity contribution in [2.24, 2.45) is 5.10 Å². The summed E-state index contributed by atoms with van der Waals surface area (Å²) < 4.78 is 0.980. The molecule has 3 rings (SSSR count). The van der Waals surface area contributed by atoms with Crippen LogP contribution in [-0.2, 0) is 11.2 Å². The fourth-order valence-electron chi connectivity index (χ4n) is 2.55. The number of benzene rings is 3. The molecule has 0 aromatic heterocycles. The third-order valence-electron chi connectivity index (χ3n) is 3.82. The molecule has 3 aromatic rings. The van der Waals surface area contributed by atoms with Gasteiger partial charge in [0.2, 0.25) is 5.91 Å². The van der Waals surface area contributed by atoms with Gasteiger partial charge in [-0.2, -0.15) is 5.10 Å². The van der Waals surface area contributed by atoms with E-state index < -0.39 is 4.92 Å². The molecule has 1 N–H and O–H groups in total. The van der Waals surface area contributed by atoms with E-state index in [2.05, 4.69) is 26.5 Å². The van der Waals surface area contributed by atoms with Crippen molar-refractivity contribution in [3.05, 3.63) is 86.4 Å². The number of non-ortho nitro benzene ring substituents is 1. The molecular formula is C19H14BrN3O3. The standard InChI is InChI=1S/C19H14BrN3O3/c20-18-10-7-14(16-3-1-2-4-17(16)18)11-19(24)22-21-12-13-5-8-15(9-6-13)23(25)26/h1-10,12H,11H2,(H,22,24)/b21-12-. The van der Waals surface area contributed by atoms with Gasteiger partial charge in [0.05, 0.1) is 17.6 Å². The lowest BCUT2D eigenvalue weighted by Gasteiger charge is -2.07. The van der Waals surface area contributed by atoms with Gasteiger partial charge in [-0.1, -0.05) is 46.3 Å². The van der Waals surface area contributed by atoms with Crippen molar-refractivity contribution in [3.63, 3.8) is 0 Å². The number of nitrogens with zero attached hydrogens (tertiary/aromatic N) is 2. The molecule has 6 nitrogen and oxygen atoms in total. The molecule has 0 bridgehead atoms. The summed E-state index contributed by atoms with van der Waals surface area (Å²) in [7, 11) is 0. The topological polar surface area (TPSA) is 84.6 Å². The molecule has 0 aliphatic heterocycles. The van der Waals surface area contributed by atoms with E-state index in [1.165, 1.54) is 18.3 Å². The normalized spacial score (nSPS) is 11.0. The minimum atomic E-state index is -0.467. The van der Waals surface area contributed by atoms with Crippen LogP contribution in [-0.4, -0.2) is 17.0 Å². The average molecular weight is 412 g/mol. The maximum atomic E-state index is 12.1. The molecule has 130 valence electrons. The van der Waals surface area contributed by atoms with Crippen LogP contribution in [0.2, 0.25) is 0 Å². The van der Waals surface area contributed by atoms with E-state index in [4.69, 9.17) is 0 Å². The van der Waals surface area contributed by atoms with Crippen LogP contribution in [0.1, 0.15) is 11.1 Å². The Morgan fingerprint density at radius 1 is 1.08 bits per heavy atom. The number of halogens is 1. The average Bonchev–Trinajstić information content (AvgIpc) is 2.65. The minimum Gasteiger partial charge on any atom is -0.273 e. The van der Waals surface area contributed by atoms with Crippen molar-refractivity contribution in [1.29, 1.82) is 0 Å². The fourth-order valence-corrected chi connectivity index (χ4v) is 3.03. The molecule has 26 heavy (non-hydrogen) atoms. The molecule has 0 radical (unpaired) electrons. The van der Waals surface area contributed by atoms with E-state index >= 15 is 0 Å². The first-order chi connectivity index (χ1) is 12.5. The van der Waals surface area contributed by atoms with Gasteiger partial charge in [0.15, 0.2) is 0 Å². The van der Waals surface area contributed by atoms with E-state index in [9.17, 15) is 14.9 Å². The van der Waals surface area contributed by atoms with E-state index in [0.717, 1.165) is 20.8 Å². The highest BCUT2D eigenvalue weighted by Gasteiger charge is 2.08. The number of amides is 1. The van der Waals surface area contributed by atoms with Crippen LogP contribution in [0.15, 0.2) is 70.2 Å². The van der Waals surface area contributed by atoms with Crippen molar-refractivity contribution in [3.8, 4) is 0 Å². The predicted molar refractivity (Wildman–Crippen MR) is 104 cm³/mol. The molecule has 0 spiro atoms. The molecule has 0 saturated heterocycles. The van der Waals surface area contributed by atoms with Gasteiger partial charge in [0.25, 0.3) is 5.69 Å². The van der Waals surface area contributed by atoms with E-state index in [1.807, 2.05) is 36.4 Å². The van der Waals surface area contributed by atoms with Crippen molar-refractivity contribution < 1.29 is 9.72 Å². The molecule has 3 aromatic carbocycles. The molecular weight excluding hydrogens is 398 g/mol. The zero-order valence-electron chi connectivity index (χ0n) is 13.6. The predicted octanol–water partition coefficient (Wildman–Crippen LogP) is 4.20. The maximum absolute atomic E-state index is 12.1. The first-order valence-corrected chi connectivity index (χ1v) is 8.56. The molecule has 0 saturated carbocycles. The summed E-state index contributed by atoms with van der Waals surface area (Å²) in [6.45, 7) is 0. The Bertz CT molecular complexity index is 1000. The second-order valence-corrected chi connectivity index (χ2v) is 6.43. The fraction of sp³-hybridized carbons (Fsp3) is 0.0526. The van der Waals surface area contributed by atoms with Gasteiger partial charge in [-0.05, 0) is 40.1 Å². The lowest BCUT2D eigenvalue weighted by atomic mass is 10.0. The van der Waals surface area contributed by atoms with Gasteiger partial charge in [-0.15, -0.1) is 0 Å². The SMILES string of the molecule is O=C(Cc1ccc(Br)c2ccccc12)N/N=C\c1ccc([N+](=O)[O-])cc1. The quantitative estimate of drug-likeness (QED) is 0.387. The number of fused-ring (bicyclic) bond motifs is 1. The van der Waals surface area contributed by atoms with Crippen molar-refractivity contribution >= 4 is 44.5 Å². The molecule has 0 fully saturated rings. The number of nitro groups is 1. The van der Waals surface area contributed by atoms with E-state index in [1.54, 1.807) is 12.1 Å². The summed E-state index contributed by atoms with van der Waals surface area (Å²) in [5.41, 5.74) is 4.06. The Balaban J connectivity index is 1.66. The number of nitrogens with one attached hydrogen (secondary N) is 1. The summed E-state index contributed by atoms with van der Waals surface area (Å²) in [5.74, 6) is -0.240. The second-order valence-electron chi connectivity index (χ2n) is 5.57. The molecule has 1 amide bonds. The number of hydrazone groups is 1. The van der Waals surface area contributed by atoms with E-state index in [0.29, 0.717) is 5.56 Å². The molecule has 0 heterocycles. The highest BCUT2D eigenvalue weighted by molar-refractivity contribution is 9.10. The second kappa shape index (κ2) is 7.88. The number of hydrogen-bond acceptors (Lipinski definition) is 4. The molecule has 7 heteroatoms. The number of hydrogen-bond donors (Lipinski definition) is 1. The summed E-state index contributed by atoms with van der Waals surface area (Å²) in [6, 6.07) is 17.6. The third kappa shape index (κ3) is 4.12. The first kappa shape index (κ1) is 17.8. The highest BCUT2D eigenvalue weighted by atomic mass is 79.9. The van der Waals surface area contributed by atoms with Crippen LogP contribution in [0.5, 0.6) is 0 Å². The molecule has 0 unspecified atom stereocenters. The van der Waals surface area contributed by atoms with Crippen LogP contribution in [0.25, 0.3) is 10.8 Å². The van der Waals surface area contributed by atoms with Gasteiger partial charge in [-0.25, -0.2) is 5.43 Å². The van der Waals surface area contributed by atoms with Crippen molar-refractivity contribution in [2.45, 2.75) is 6.42 Å². The molecule has 0 aliphatic rings. The smallest absolute Gasteiger partial charge is 0.269 e. The summed E-state index contributed by atoms with van der Waals surface area (Å²) in [6.07, 6.45) is 1.65. The monoisotopic (exact) mass is 411 g/mol. The summed E-state index contributed by atoms with van der Waals surface area (Å²) in [5, 5.41) is 16.6. The Hall–Kier alpha value is -3.06. The zero-order chi connectivity index (χ0) is 18.5. The number of nitro benzene ring substituents is 1. The Labute approximate surface area is 157 Å². The Morgan fingerprint density at radius 2 is 1.77 bits per heavy atom. The minimum absolute atomic E-state index is 0.00769. The molecule has 0 aliphatic carbocycles. The zero-order valence-corrected chi connectivity index (χ0v) is 15.1.